The highest BCUT2D eigenvalue weighted by Gasteiger charge is 2.29. The second-order valence-corrected chi connectivity index (χ2v) is 6.52. The summed E-state index contributed by atoms with van der Waals surface area (Å²) in [5.41, 5.74) is 0. The molecule has 1 aliphatic carbocycles. The van der Waals surface area contributed by atoms with Gasteiger partial charge in [0.1, 0.15) is 0 Å². The van der Waals surface area contributed by atoms with Crippen LogP contribution in [0.15, 0.2) is 0 Å². The van der Waals surface area contributed by atoms with Gasteiger partial charge < -0.3 is 20.2 Å². The molecule has 0 bridgehead atoms. The Balaban J connectivity index is 1.69. The minimum absolute atomic E-state index is 0.0162. The quantitative estimate of drug-likeness (QED) is 0.803. The van der Waals surface area contributed by atoms with Gasteiger partial charge in [0.15, 0.2) is 0 Å². The van der Waals surface area contributed by atoms with Crippen LogP contribution in [-0.2, 0) is 4.79 Å². The summed E-state index contributed by atoms with van der Waals surface area (Å²) in [6.07, 6.45) is 3.93. The Hall–Kier alpha value is -1.30. The topological polar surface area (TPSA) is 72.9 Å². The molecule has 0 aromatic carbocycles. The molecule has 0 spiro atoms. The second kappa shape index (κ2) is 7.11. The molecule has 0 radical (unpaired) electrons. The Kier molecular flexibility index (Phi) is 5.45. The maximum Gasteiger partial charge on any atom is 0.319 e. The van der Waals surface area contributed by atoms with Crippen molar-refractivity contribution in [3.05, 3.63) is 0 Å². The first-order valence-corrected chi connectivity index (χ1v) is 7.89. The number of nitrogens with zero attached hydrogens (tertiary/aromatic N) is 2. The third kappa shape index (κ3) is 4.33. The number of urea groups is 1. The summed E-state index contributed by atoms with van der Waals surface area (Å²) in [4.78, 5) is 27.4. The largest absolute Gasteiger partial charge is 0.393 e. The van der Waals surface area contributed by atoms with E-state index in [4.69, 9.17) is 0 Å². The first-order valence-electron chi connectivity index (χ1n) is 7.89. The van der Waals surface area contributed by atoms with Gasteiger partial charge in [0.2, 0.25) is 5.91 Å². The highest BCUT2D eigenvalue weighted by molar-refractivity contribution is 5.79. The van der Waals surface area contributed by atoms with Gasteiger partial charge in [-0.05, 0) is 38.0 Å². The molecule has 3 amide bonds. The second-order valence-electron chi connectivity index (χ2n) is 6.52. The average molecular weight is 297 g/mol. The minimum atomic E-state index is -0.188. The van der Waals surface area contributed by atoms with Gasteiger partial charge in [-0.3, -0.25) is 4.79 Å². The molecule has 2 atom stereocenters. The van der Waals surface area contributed by atoms with E-state index >= 15 is 0 Å². The highest BCUT2D eigenvalue weighted by atomic mass is 16.3. The fourth-order valence-corrected chi connectivity index (χ4v) is 3.24. The summed E-state index contributed by atoms with van der Waals surface area (Å²) in [5.74, 6) is 0.537. The number of amides is 3. The van der Waals surface area contributed by atoms with Gasteiger partial charge in [-0.2, -0.15) is 0 Å². The standard InChI is InChI=1S/C15H27N3O3/c1-17(2)15(21)18-7-5-12(6-8-18)14(20)16-10-11-3-4-13(19)9-11/h11-13,19H,3-10H2,1-2H3,(H,16,20). The normalized spacial score (nSPS) is 26.7. The van der Waals surface area contributed by atoms with Gasteiger partial charge in [0.25, 0.3) is 0 Å². The maximum atomic E-state index is 12.2. The van der Waals surface area contributed by atoms with E-state index in [1.165, 1.54) is 0 Å². The van der Waals surface area contributed by atoms with E-state index in [0.29, 0.717) is 25.6 Å². The number of hydrogen-bond donors (Lipinski definition) is 2. The molecule has 21 heavy (non-hydrogen) atoms. The zero-order chi connectivity index (χ0) is 15.4. The zero-order valence-electron chi connectivity index (χ0n) is 13.0. The molecule has 2 unspecified atom stereocenters. The first-order chi connectivity index (χ1) is 9.97. The molecule has 1 saturated carbocycles. The lowest BCUT2D eigenvalue weighted by Crippen LogP contribution is -2.46. The Labute approximate surface area is 126 Å². The fourth-order valence-electron chi connectivity index (χ4n) is 3.24. The van der Waals surface area contributed by atoms with E-state index in [1.807, 2.05) is 0 Å². The Morgan fingerprint density at radius 3 is 2.38 bits per heavy atom. The van der Waals surface area contributed by atoms with E-state index in [0.717, 1.165) is 32.1 Å². The highest BCUT2D eigenvalue weighted by Crippen LogP contribution is 2.25. The number of hydrogen-bond acceptors (Lipinski definition) is 3. The Morgan fingerprint density at radius 2 is 1.86 bits per heavy atom. The lowest BCUT2D eigenvalue weighted by atomic mass is 9.95. The first kappa shape index (κ1) is 16.1. The van der Waals surface area contributed by atoms with E-state index in [-0.39, 0.29) is 24.0 Å². The van der Waals surface area contributed by atoms with Crippen LogP contribution in [0.2, 0.25) is 0 Å². The van der Waals surface area contributed by atoms with Crippen molar-refractivity contribution in [1.29, 1.82) is 0 Å². The van der Waals surface area contributed by atoms with E-state index in [1.54, 1.807) is 23.9 Å². The fraction of sp³-hybridized carbons (Fsp3) is 0.867. The Morgan fingerprint density at radius 1 is 1.19 bits per heavy atom. The smallest absolute Gasteiger partial charge is 0.319 e. The third-order valence-corrected chi connectivity index (χ3v) is 4.60. The number of nitrogens with one attached hydrogen (secondary N) is 1. The van der Waals surface area contributed by atoms with Gasteiger partial charge in [-0.25, -0.2) is 4.79 Å². The summed E-state index contributed by atoms with van der Waals surface area (Å²) < 4.78 is 0. The van der Waals surface area contributed by atoms with Gasteiger partial charge in [-0.1, -0.05) is 0 Å². The van der Waals surface area contributed by atoms with Crippen molar-refractivity contribution in [2.24, 2.45) is 11.8 Å². The zero-order valence-corrected chi connectivity index (χ0v) is 13.0. The summed E-state index contributed by atoms with van der Waals surface area (Å²) in [6.45, 7) is 1.97. The number of aliphatic hydroxyl groups excluding tert-OH is 1. The maximum absolute atomic E-state index is 12.2. The van der Waals surface area contributed by atoms with E-state index < -0.39 is 0 Å². The lowest BCUT2D eigenvalue weighted by Gasteiger charge is -2.33. The van der Waals surface area contributed by atoms with Crippen LogP contribution in [0, 0.1) is 11.8 Å². The number of rotatable bonds is 3. The molecule has 1 heterocycles. The lowest BCUT2D eigenvalue weighted by molar-refractivity contribution is -0.126. The average Bonchev–Trinajstić information content (AvgIpc) is 2.89. The summed E-state index contributed by atoms with van der Waals surface area (Å²) in [7, 11) is 3.49. The summed E-state index contributed by atoms with van der Waals surface area (Å²) >= 11 is 0. The van der Waals surface area contributed by atoms with Gasteiger partial charge in [0.05, 0.1) is 6.10 Å². The van der Waals surface area contributed by atoms with Crippen molar-refractivity contribution in [3.8, 4) is 0 Å². The van der Waals surface area contributed by atoms with Crippen molar-refractivity contribution in [1.82, 2.24) is 15.1 Å². The molecular weight excluding hydrogens is 270 g/mol. The van der Waals surface area contributed by atoms with Crippen LogP contribution in [0.4, 0.5) is 4.79 Å². The summed E-state index contributed by atoms with van der Waals surface area (Å²) in [6, 6.07) is 0.0220. The number of carbonyl (C=O) groups excluding carboxylic acids is 2. The molecule has 6 heteroatoms. The van der Waals surface area contributed by atoms with Gasteiger partial charge in [0, 0.05) is 39.6 Å². The number of aliphatic hydroxyl groups is 1. The number of carbonyl (C=O) groups is 2. The van der Waals surface area contributed by atoms with E-state index in [2.05, 4.69) is 5.32 Å². The molecule has 1 saturated heterocycles. The van der Waals surface area contributed by atoms with Crippen molar-refractivity contribution >= 4 is 11.9 Å². The molecule has 120 valence electrons. The van der Waals surface area contributed by atoms with Crippen LogP contribution >= 0.6 is 0 Å². The molecule has 0 aromatic heterocycles. The van der Waals surface area contributed by atoms with Crippen molar-refractivity contribution in [3.63, 3.8) is 0 Å². The van der Waals surface area contributed by atoms with Crippen LogP contribution in [0.25, 0.3) is 0 Å². The van der Waals surface area contributed by atoms with Crippen molar-refractivity contribution in [2.75, 3.05) is 33.7 Å². The number of likely N-dealkylation sites (tertiary alicyclic amines) is 1. The van der Waals surface area contributed by atoms with Gasteiger partial charge >= 0.3 is 6.03 Å². The monoisotopic (exact) mass is 297 g/mol. The van der Waals surface area contributed by atoms with Crippen LogP contribution in [-0.4, -0.2) is 66.7 Å². The molecule has 6 nitrogen and oxygen atoms in total. The van der Waals surface area contributed by atoms with Gasteiger partial charge in [-0.15, -0.1) is 0 Å². The predicted molar refractivity (Wildman–Crippen MR) is 79.7 cm³/mol. The molecule has 2 N–H and O–H groups in total. The predicted octanol–water partition coefficient (Wildman–Crippen LogP) is 0.657. The van der Waals surface area contributed by atoms with E-state index in [9.17, 15) is 14.7 Å². The SMILES string of the molecule is CN(C)C(=O)N1CCC(C(=O)NCC2CCC(O)C2)CC1. The molecule has 1 aliphatic heterocycles. The number of piperidine rings is 1. The van der Waals surface area contributed by atoms with Crippen LogP contribution < -0.4 is 5.32 Å². The summed E-state index contributed by atoms with van der Waals surface area (Å²) in [5, 5.41) is 12.5. The van der Waals surface area contributed by atoms with Crippen LogP contribution in [0.5, 0.6) is 0 Å². The van der Waals surface area contributed by atoms with Crippen LogP contribution in [0.3, 0.4) is 0 Å². The molecule has 2 aliphatic rings. The van der Waals surface area contributed by atoms with Crippen molar-refractivity contribution in [2.45, 2.75) is 38.2 Å². The molecule has 0 aromatic rings. The van der Waals surface area contributed by atoms with Crippen molar-refractivity contribution < 1.29 is 14.7 Å². The van der Waals surface area contributed by atoms with Crippen LogP contribution in [0.1, 0.15) is 32.1 Å². The molecular formula is C15H27N3O3. The molecule has 2 fully saturated rings. The minimum Gasteiger partial charge on any atom is -0.393 e. The third-order valence-electron chi connectivity index (χ3n) is 4.60. The molecule has 2 rings (SSSR count). The Bertz CT molecular complexity index is 378.